The average molecular weight is 273 g/mol. The first-order valence-corrected chi connectivity index (χ1v) is 6.99. The zero-order valence-corrected chi connectivity index (χ0v) is 11.5. The number of piperazine rings is 1. The van der Waals surface area contributed by atoms with Gasteiger partial charge in [-0.05, 0) is 29.8 Å². The van der Waals surface area contributed by atoms with Gasteiger partial charge in [-0.1, -0.05) is 41.9 Å². The third-order valence-corrected chi connectivity index (χ3v) is 3.82. The van der Waals surface area contributed by atoms with Crippen molar-refractivity contribution in [1.29, 1.82) is 0 Å². The summed E-state index contributed by atoms with van der Waals surface area (Å²) in [4.78, 5) is 2.41. The molecule has 0 amide bonds. The van der Waals surface area contributed by atoms with Crippen LogP contribution >= 0.6 is 11.6 Å². The van der Waals surface area contributed by atoms with Crippen LogP contribution < -0.4 is 10.2 Å². The topological polar surface area (TPSA) is 15.3 Å². The highest BCUT2D eigenvalue weighted by atomic mass is 35.5. The molecule has 1 atom stereocenters. The van der Waals surface area contributed by atoms with Crippen LogP contribution in [0.25, 0.3) is 0 Å². The van der Waals surface area contributed by atoms with Gasteiger partial charge in [0.25, 0.3) is 0 Å². The summed E-state index contributed by atoms with van der Waals surface area (Å²) in [5.41, 5.74) is 2.59. The Morgan fingerprint density at radius 1 is 1.00 bits per heavy atom. The molecule has 0 bridgehead atoms. The van der Waals surface area contributed by atoms with Gasteiger partial charge in [-0.3, -0.25) is 0 Å². The van der Waals surface area contributed by atoms with Crippen LogP contribution in [-0.4, -0.2) is 19.6 Å². The lowest BCUT2D eigenvalue weighted by Crippen LogP contribution is -2.45. The van der Waals surface area contributed by atoms with E-state index in [1.54, 1.807) is 0 Å². The summed E-state index contributed by atoms with van der Waals surface area (Å²) in [7, 11) is 0. The molecule has 0 aliphatic carbocycles. The monoisotopic (exact) mass is 272 g/mol. The van der Waals surface area contributed by atoms with Crippen LogP contribution in [0.5, 0.6) is 0 Å². The van der Waals surface area contributed by atoms with Crippen LogP contribution in [0.15, 0.2) is 54.6 Å². The van der Waals surface area contributed by atoms with Crippen LogP contribution in [0, 0.1) is 0 Å². The van der Waals surface area contributed by atoms with E-state index in [2.05, 4.69) is 52.7 Å². The molecule has 1 N–H and O–H groups in total. The second-order valence-electron chi connectivity index (χ2n) is 4.84. The van der Waals surface area contributed by atoms with Crippen molar-refractivity contribution in [2.24, 2.45) is 0 Å². The van der Waals surface area contributed by atoms with E-state index in [9.17, 15) is 0 Å². The molecule has 0 saturated carbocycles. The van der Waals surface area contributed by atoms with E-state index in [0.29, 0.717) is 6.04 Å². The Hall–Kier alpha value is -1.51. The largest absolute Gasteiger partial charge is 0.368 e. The number of rotatable bonds is 2. The zero-order chi connectivity index (χ0) is 13.1. The predicted octanol–water partition coefficient (Wildman–Crippen LogP) is 3.49. The van der Waals surface area contributed by atoms with Gasteiger partial charge < -0.3 is 10.2 Å². The number of hydrogen-bond donors (Lipinski definition) is 1. The van der Waals surface area contributed by atoms with Crippen molar-refractivity contribution in [3.63, 3.8) is 0 Å². The SMILES string of the molecule is Clc1ccc(N2CCNC(c3ccccc3)C2)cc1. The molecule has 2 aromatic carbocycles. The number of halogens is 1. The van der Waals surface area contributed by atoms with Crippen LogP contribution in [-0.2, 0) is 0 Å². The smallest absolute Gasteiger partial charge is 0.0498 e. The Morgan fingerprint density at radius 2 is 1.74 bits per heavy atom. The molecule has 0 spiro atoms. The second-order valence-corrected chi connectivity index (χ2v) is 5.28. The lowest BCUT2D eigenvalue weighted by Gasteiger charge is -2.35. The molecule has 1 fully saturated rings. The predicted molar refractivity (Wildman–Crippen MR) is 80.9 cm³/mol. The summed E-state index contributed by atoms with van der Waals surface area (Å²) < 4.78 is 0. The first-order chi connectivity index (χ1) is 9.33. The van der Waals surface area contributed by atoms with Gasteiger partial charge in [0.05, 0.1) is 0 Å². The lowest BCUT2D eigenvalue weighted by atomic mass is 10.0. The van der Waals surface area contributed by atoms with E-state index >= 15 is 0 Å². The summed E-state index contributed by atoms with van der Waals surface area (Å²) in [6.07, 6.45) is 0. The summed E-state index contributed by atoms with van der Waals surface area (Å²) in [6, 6.07) is 19.1. The number of benzene rings is 2. The maximum Gasteiger partial charge on any atom is 0.0498 e. The van der Waals surface area contributed by atoms with Gasteiger partial charge in [-0.15, -0.1) is 0 Å². The Balaban J connectivity index is 1.76. The van der Waals surface area contributed by atoms with Crippen molar-refractivity contribution in [2.75, 3.05) is 24.5 Å². The number of nitrogens with zero attached hydrogens (tertiary/aromatic N) is 1. The maximum absolute atomic E-state index is 5.94. The number of hydrogen-bond acceptors (Lipinski definition) is 2. The molecule has 19 heavy (non-hydrogen) atoms. The summed E-state index contributed by atoms with van der Waals surface area (Å²) >= 11 is 5.94. The number of nitrogens with one attached hydrogen (secondary N) is 1. The van der Waals surface area contributed by atoms with Crippen molar-refractivity contribution in [3.8, 4) is 0 Å². The second kappa shape index (κ2) is 5.64. The minimum absolute atomic E-state index is 0.394. The maximum atomic E-state index is 5.94. The van der Waals surface area contributed by atoms with Crippen molar-refractivity contribution in [3.05, 3.63) is 65.2 Å². The van der Waals surface area contributed by atoms with Crippen LogP contribution in [0.3, 0.4) is 0 Å². The molecular formula is C16H17ClN2. The Bertz CT molecular complexity index is 524. The minimum atomic E-state index is 0.394. The Kier molecular flexibility index (Phi) is 3.72. The van der Waals surface area contributed by atoms with E-state index in [4.69, 9.17) is 11.6 Å². The summed E-state index contributed by atoms with van der Waals surface area (Å²) in [5.74, 6) is 0. The minimum Gasteiger partial charge on any atom is -0.368 e. The third-order valence-electron chi connectivity index (χ3n) is 3.57. The molecule has 1 heterocycles. The highest BCUT2D eigenvalue weighted by molar-refractivity contribution is 6.30. The highest BCUT2D eigenvalue weighted by Crippen LogP contribution is 2.23. The van der Waals surface area contributed by atoms with Gasteiger partial charge in [0.15, 0.2) is 0 Å². The molecule has 1 unspecified atom stereocenters. The average Bonchev–Trinajstić information content (AvgIpc) is 2.49. The van der Waals surface area contributed by atoms with E-state index < -0.39 is 0 Å². The molecule has 3 rings (SSSR count). The van der Waals surface area contributed by atoms with Gasteiger partial charge in [-0.25, -0.2) is 0 Å². The van der Waals surface area contributed by atoms with Gasteiger partial charge in [0.2, 0.25) is 0 Å². The van der Waals surface area contributed by atoms with Crippen LogP contribution in [0.1, 0.15) is 11.6 Å². The molecule has 0 radical (unpaired) electrons. The summed E-state index contributed by atoms with van der Waals surface area (Å²) in [6.45, 7) is 3.03. The fourth-order valence-corrected chi connectivity index (χ4v) is 2.67. The quantitative estimate of drug-likeness (QED) is 0.900. The van der Waals surface area contributed by atoms with Crippen molar-refractivity contribution in [1.82, 2.24) is 5.32 Å². The molecule has 1 aliphatic rings. The normalized spacial score (nSPS) is 19.4. The van der Waals surface area contributed by atoms with Gasteiger partial charge in [0, 0.05) is 36.4 Å². The van der Waals surface area contributed by atoms with Crippen molar-refractivity contribution in [2.45, 2.75) is 6.04 Å². The molecule has 3 heteroatoms. The highest BCUT2D eigenvalue weighted by Gasteiger charge is 2.20. The van der Waals surface area contributed by atoms with Crippen LogP contribution in [0.4, 0.5) is 5.69 Å². The van der Waals surface area contributed by atoms with E-state index in [1.807, 2.05) is 12.1 Å². The molecule has 1 saturated heterocycles. The molecule has 2 aromatic rings. The standard InChI is InChI=1S/C16H17ClN2/c17-14-6-8-15(9-7-14)19-11-10-18-16(12-19)13-4-2-1-3-5-13/h1-9,16,18H,10-12H2. The molecule has 2 nitrogen and oxygen atoms in total. The van der Waals surface area contributed by atoms with Gasteiger partial charge in [-0.2, -0.15) is 0 Å². The first-order valence-electron chi connectivity index (χ1n) is 6.62. The van der Waals surface area contributed by atoms with E-state index in [-0.39, 0.29) is 0 Å². The summed E-state index contributed by atoms with van der Waals surface area (Å²) in [5, 5.41) is 4.37. The molecule has 0 aromatic heterocycles. The Morgan fingerprint density at radius 3 is 2.47 bits per heavy atom. The molecule has 98 valence electrons. The van der Waals surface area contributed by atoms with E-state index in [0.717, 1.165) is 24.7 Å². The third kappa shape index (κ3) is 2.91. The van der Waals surface area contributed by atoms with E-state index in [1.165, 1.54) is 11.3 Å². The zero-order valence-electron chi connectivity index (χ0n) is 10.7. The molecular weight excluding hydrogens is 256 g/mol. The fourth-order valence-electron chi connectivity index (χ4n) is 2.54. The molecule has 1 aliphatic heterocycles. The van der Waals surface area contributed by atoms with Crippen LogP contribution in [0.2, 0.25) is 5.02 Å². The number of anilines is 1. The van der Waals surface area contributed by atoms with Gasteiger partial charge in [0.1, 0.15) is 0 Å². The lowest BCUT2D eigenvalue weighted by molar-refractivity contribution is 0.472. The van der Waals surface area contributed by atoms with Gasteiger partial charge >= 0.3 is 0 Å². The van der Waals surface area contributed by atoms with Crippen molar-refractivity contribution < 1.29 is 0 Å². The first kappa shape index (κ1) is 12.5. The Labute approximate surface area is 119 Å². The fraction of sp³-hybridized carbons (Fsp3) is 0.250. The van der Waals surface area contributed by atoms with Crippen molar-refractivity contribution >= 4 is 17.3 Å².